The number of benzene rings is 4. The zero-order chi connectivity index (χ0) is 20.1. The minimum atomic E-state index is -0.520. The zero-order valence-electron chi connectivity index (χ0n) is 15.9. The molecule has 0 saturated heterocycles. The van der Waals surface area contributed by atoms with Crippen LogP contribution in [0.25, 0.3) is 32.7 Å². The van der Waals surface area contributed by atoms with Gasteiger partial charge >= 0.3 is 0 Å². The zero-order valence-corrected chi connectivity index (χ0v) is 20.2. The van der Waals surface area contributed by atoms with Crippen molar-refractivity contribution in [2.45, 2.75) is 12.6 Å². The second-order valence-corrected chi connectivity index (χ2v) is 9.33. The maximum Gasteiger partial charge on any atom is 0.188 e. The summed E-state index contributed by atoms with van der Waals surface area (Å²) in [5.74, 6) is 0. The Morgan fingerprint density at radius 3 is 1.52 bits per heavy atom. The Labute approximate surface area is 196 Å². The SMILES string of the molecule is COC1O[C@H](OC)c2c(I)cc3ccccc3c2-c2c1c(I)cc1ccccc21. The molecule has 0 fully saturated rings. The number of ether oxygens (including phenoxy) is 3. The summed E-state index contributed by atoms with van der Waals surface area (Å²) in [7, 11) is 3.37. The van der Waals surface area contributed by atoms with Crippen molar-refractivity contribution >= 4 is 66.7 Å². The molecule has 2 atom stereocenters. The van der Waals surface area contributed by atoms with E-state index in [0.717, 1.165) is 18.3 Å². The number of rotatable bonds is 2. The molecule has 4 aromatic rings. The van der Waals surface area contributed by atoms with Crippen molar-refractivity contribution in [3.8, 4) is 11.1 Å². The van der Waals surface area contributed by atoms with Crippen LogP contribution >= 0.6 is 45.2 Å². The Morgan fingerprint density at radius 2 is 1.10 bits per heavy atom. The number of hydrogen-bond acceptors (Lipinski definition) is 3. The first-order valence-corrected chi connectivity index (χ1v) is 11.4. The molecule has 0 radical (unpaired) electrons. The van der Waals surface area contributed by atoms with Crippen LogP contribution in [0.15, 0.2) is 60.7 Å². The van der Waals surface area contributed by atoms with Crippen molar-refractivity contribution in [3.05, 3.63) is 78.9 Å². The molecule has 0 amide bonds. The number of methoxy groups -OCH3 is 2. The lowest BCUT2D eigenvalue weighted by Crippen LogP contribution is -2.13. The van der Waals surface area contributed by atoms with Crippen molar-refractivity contribution in [1.82, 2.24) is 0 Å². The van der Waals surface area contributed by atoms with Gasteiger partial charge in [-0.2, -0.15) is 0 Å². The molecule has 5 rings (SSSR count). The van der Waals surface area contributed by atoms with Gasteiger partial charge in [0.1, 0.15) is 0 Å². The normalized spacial score (nSPS) is 18.5. The van der Waals surface area contributed by atoms with Crippen LogP contribution in [0.5, 0.6) is 0 Å². The number of fused-ring (bicyclic) bond motifs is 7. The van der Waals surface area contributed by atoms with E-state index in [-0.39, 0.29) is 0 Å². The monoisotopic (exact) mass is 608 g/mol. The Balaban J connectivity index is 2.06. The van der Waals surface area contributed by atoms with Crippen LogP contribution in [0.2, 0.25) is 0 Å². The Morgan fingerprint density at radius 1 is 0.690 bits per heavy atom. The highest BCUT2D eigenvalue weighted by atomic mass is 127. The third kappa shape index (κ3) is 3.09. The first-order chi connectivity index (χ1) is 14.1. The Hall–Kier alpha value is -1.26. The molecule has 0 aliphatic carbocycles. The quantitative estimate of drug-likeness (QED) is 0.226. The minimum absolute atomic E-state index is 0.520. The number of halogens is 2. The molecule has 0 aromatic heterocycles. The molecule has 0 saturated carbocycles. The Kier molecular flexibility index (Phi) is 5.28. The summed E-state index contributed by atoms with van der Waals surface area (Å²) in [4.78, 5) is 0. The van der Waals surface area contributed by atoms with E-state index in [1.54, 1.807) is 14.2 Å². The van der Waals surface area contributed by atoms with E-state index >= 15 is 0 Å². The van der Waals surface area contributed by atoms with Crippen molar-refractivity contribution in [1.29, 1.82) is 0 Å². The average molecular weight is 608 g/mol. The minimum Gasteiger partial charge on any atom is -0.351 e. The van der Waals surface area contributed by atoms with Gasteiger partial charge in [0.2, 0.25) is 0 Å². The highest BCUT2D eigenvalue weighted by Crippen LogP contribution is 2.50. The molecule has 0 bridgehead atoms. The molecule has 29 heavy (non-hydrogen) atoms. The molecule has 0 spiro atoms. The van der Waals surface area contributed by atoms with Gasteiger partial charge in [-0.15, -0.1) is 0 Å². The summed E-state index contributed by atoms with van der Waals surface area (Å²) in [6.07, 6.45) is -1.04. The van der Waals surface area contributed by atoms with Crippen molar-refractivity contribution in [2.75, 3.05) is 14.2 Å². The molecule has 146 valence electrons. The van der Waals surface area contributed by atoms with Crippen LogP contribution in [0.3, 0.4) is 0 Å². The van der Waals surface area contributed by atoms with Crippen LogP contribution in [0.1, 0.15) is 23.7 Å². The van der Waals surface area contributed by atoms with Gasteiger partial charge in [0, 0.05) is 32.5 Å². The van der Waals surface area contributed by atoms with E-state index < -0.39 is 12.6 Å². The molecule has 1 aliphatic rings. The van der Waals surface area contributed by atoms with Gasteiger partial charge in [-0.25, -0.2) is 0 Å². The van der Waals surface area contributed by atoms with Crippen LogP contribution in [0, 0.1) is 7.14 Å². The summed E-state index contributed by atoms with van der Waals surface area (Å²) in [5, 5.41) is 4.79. The van der Waals surface area contributed by atoms with Crippen molar-refractivity contribution in [3.63, 3.8) is 0 Å². The number of hydrogen-bond donors (Lipinski definition) is 0. The lowest BCUT2D eigenvalue weighted by molar-refractivity contribution is -0.236. The second-order valence-electron chi connectivity index (χ2n) is 7.01. The molecule has 1 unspecified atom stereocenters. The maximum atomic E-state index is 6.37. The van der Waals surface area contributed by atoms with Gasteiger partial charge in [0.15, 0.2) is 12.6 Å². The van der Waals surface area contributed by atoms with Crippen molar-refractivity contribution in [2.24, 2.45) is 0 Å². The van der Waals surface area contributed by atoms with E-state index in [1.807, 2.05) is 0 Å². The summed E-state index contributed by atoms with van der Waals surface area (Å²) in [6, 6.07) is 21.4. The summed E-state index contributed by atoms with van der Waals surface area (Å²) in [5.41, 5.74) is 4.45. The van der Waals surface area contributed by atoms with E-state index in [0.29, 0.717) is 0 Å². The van der Waals surface area contributed by atoms with Crippen LogP contribution < -0.4 is 0 Å². The molecule has 1 heterocycles. The molecule has 3 nitrogen and oxygen atoms in total. The van der Waals surface area contributed by atoms with Gasteiger partial charge in [0.05, 0.1) is 0 Å². The molecule has 0 N–H and O–H groups in total. The van der Waals surface area contributed by atoms with Gasteiger partial charge in [-0.1, -0.05) is 48.5 Å². The highest BCUT2D eigenvalue weighted by Gasteiger charge is 2.34. The van der Waals surface area contributed by atoms with E-state index in [1.165, 1.54) is 32.7 Å². The lowest BCUT2D eigenvalue weighted by Gasteiger charge is -2.22. The van der Waals surface area contributed by atoms with E-state index in [9.17, 15) is 0 Å². The van der Waals surface area contributed by atoms with E-state index in [2.05, 4.69) is 106 Å². The standard InChI is InChI=1S/C24H18I2O3/c1-27-23-21-17(25)11-13-7-3-5-9-15(13)19(21)20-16-10-6-4-8-14(16)12-18(26)22(20)24(28-2)29-23/h3-12,23-24H,1-2H3/t23-,24?/m0/s1. The lowest BCUT2D eigenvalue weighted by atomic mass is 9.87. The molecular formula is C24H18I2O3. The first-order valence-electron chi connectivity index (χ1n) is 9.27. The second kappa shape index (κ2) is 7.77. The largest absolute Gasteiger partial charge is 0.351 e. The fourth-order valence-electron chi connectivity index (χ4n) is 4.25. The third-order valence-electron chi connectivity index (χ3n) is 5.47. The van der Waals surface area contributed by atoms with Gasteiger partial charge < -0.3 is 14.2 Å². The first kappa shape index (κ1) is 19.7. The molecule has 1 aliphatic heterocycles. The third-order valence-corrected chi connectivity index (χ3v) is 7.26. The fourth-order valence-corrected chi connectivity index (χ4v) is 5.97. The maximum absolute atomic E-state index is 6.37. The molecular weight excluding hydrogens is 590 g/mol. The predicted molar refractivity (Wildman–Crippen MR) is 133 cm³/mol. The molecule has 4 aromatic carbocycles. The molecule has 5 heteroatoms. The van der Waals surface area contributed by atoms with E-state index in [4.69, 9.17) is 14.2 Å². The topological polar surface area (TPSA) is 27.7 Å². The van der Waals surface area contributed by atoms with Gasteiger partial charge in [0.25, 0.3) is 0 Å². The summed E-state index contributed by atoms with van der Waals surface area (Å²) < 4.78 is 20.3. The van der Waals surface area contributed by atoms with Gasteiger partial charge in [-0.3, -0.25) is 0 Å². The average Bonchev–Trinajstić information content (AvgIpc) is 2.89. The summed E-state index contributed by atoms with van der Waals surface area (Å²) >= 11 is 4.79. The Bertz CT molecular complexity index is 1150. The van der Waals surface area contributed by atoms with Crippen LogP contribution in [-0.2, 0) is 14.2 Å². The van der Waals surface area contributed by atoms with Crippen LogP contribution in [-0.4, -0.2) is 14.2 Å². The summed E-state index contributed by atoms with van der Waals surface area (Å²) in [6.45, 7) is 0. The van der Waals surface area contributed by atoms with Gasteiger partial charge in [-0.05, 0) is 90.0 Å². The fraction of sp³-hybridized carbons (Fsp3) is 0.167. The predicted octanol–water partition coefficient (Wildman–Crippen LogP) is 7.19. The smallest absolute Gasteiger partial charge is 0.188 e. The highest BCUT2D eigenvalue weighted by molar-refractivity contribution is 14.1. The van der Waals surface area contributed by atoms with Crippen LogP contribution in [0.4, 0.5) is 0 Å². The van der Waals surface area contributed by atoms with Crippen molar-refractivity contribution < 1.29 is 14.2 Å².